The third-order valence-electron chi connectivity index (χ3n) is 3.32. The molecular formula is C13H16N2O5. The zero-order valence-corrected chi connectivity index (χ0v) is 11.3. The van der Waals surface area contributed by atoms with Gasteiger partial charge in [0.15, 0.2) is 11.5 Å². The van der Waals surface area contributed by atoms with E-state index in [4.69, 9.17) is 9.47 Å². The minimum atomic E-state index is -0.583. The Morgan fingerprint density at radius 2 is 2.15 bits per heavy atom. The molecule has 0 aliphatic carbocycles. The number of ether oxygens (including phenoxy) is 2. The van der Waals surface area contributed by atoms with Gasteiger partial charge in [-0.05, 0) is 25.5 Å². The summed E-state index contributed by atoms with van der Waals surface area (Å²) in [5.41, 5.74) is -0.0121. The van der Waals surface area contributed by atoms with Gasteiger partial charge in [-0.25, -0.2) is 0 Å². The summed E-state index contributed by atoms with van der Waals surface area (Å²) in [6.07, 6.45) is 1.66. The monoisotopic (exact) mass is 280 g/mol. The van der Waals surface area contributed by atoms with Crippen molar-refractivity contribution in [3.05, 3.63) is 27.8 Å². The Labute approximate surface area is 116 Å². The molecule has 1 aromatic carbocycles. The number of ketones is 1. The van der Waals surface area contributed by atoms with Gasteiger partial charge in [-0.15, -0.1) is 0 Å². The van der Waals surface area contributed by atoms with Gasteiger partial charge in [0.05, 0.1) is 25.2 Å². The fraction of sp³-hybridized carbons (Fsp3) is 0.462. The van der Waals surface area contributed by atoms with E-state index < -0.39 is 4.92 Å². The van der Waals surface area contributed by atoms with E-state index in [1.54, 1.807) is 0 Å². The molecule has 7 nitrogen and oxygen atoms in total. The van der Waals surface area contributed by atoms with Crippen LogP contribution in [-0.2, 0) is 0 Å². The van der Waals surface area contributed by atoms with Crippen LogP contribution >= 0.6 is 0 Å². The quantitative estimate of drug-likeness (QED) is 0.500. The lowest BCUT2D eigenvalue weighted by molar-refractivity contribution is -0.385. The van der Waals surface area contributed by atoms with Gasteiger partial charge in [-0.3, -0.25) is 14.9 Å². The predicted octanol–water partition coefficient (Wildman–Crippen LogP) is 1.55. The number of rotatable bonds is 5. The minimum absolute atomic E-state index is 0.0217. The van der Waals surface area contributed by atoms with E-state index in [0.29, 0.717) is 0 Å². The van der Waals surface area contributed by atoms with E-state index in [9.17, 15) is 14.9 Å². The fourth-order valence-electron chi connectivity index (χ4n) is 2.33. The van der Waals surface area contributed by atoms with Crippen LogP contribution in [0.3, 0.4) is 0 Å². The van der Waals surface area contributed by atoms with Crippen LogP contribution in [-0.4, -0.2) is 37.5 Å². The zero-order valence-electron chi connectivity index (χ0n) is 11.3. The summed E-state index contributed by atoms with van der Waals surface area (Å²) in [5.74, 6) is 0.0445. The van der Waals surface area contributed by atoms with Crippen LogP contribution in [0.2, 0.25) is 0 Å². The van der Waals surface area contributed by atoms with Crippen LogP contribution in [0.5, 0.6) is 11.5 Å². The molecule has 0 aromatic heterocycles. The molecule has 1 atom stereocenters. The van der Waals surface area contributed by atoms with E-state index >= 15 is 0 Å². The maximum absolute atomic E-state index is 12.3. The summed E-state index contributed by atoms with van der Waals surface area (Å²) in [6, 6.07) is 2.44. The average Bonchev–Trinajstić information content (AvgIpc) is 2.98. The number of Topliss-reactive ketones (excluding diaryl/α,β-unsaturated/α-hetero) is 1. The van der Waals surface area contributed by atoms with E-state index in [0.717, 1.165) is 19.4 Å². The summed E-state index contributed by atoms with van der Waals surface area (Å²) in [7, 11) is 2.70. The van der Waals surface area contributed by atoms with Crippen LogP contribution < -0.4 is 14.8 Å². The Kier molecular flexibility index (Phi) is 4.19. The number of nitro groups is 1. The molecule has 1 aliphatic rings. The third kappa shape index (κ3) is 2.57. The fourth-order valence-corrected chi connectivity index (χ4v) is 2.33. The molecule has 1 saturated heterocycles. The molecule has 1 fully saturated rings. The summed E-state index contributed by atoms with van der Waals surface area (Å²) < 4.78 is 10.1. The highest BCUT2D eigenvalue weighted by molar-refractivity contribution is 6.01. The SMILES string of the molecule is COc1cc(C(=O)C2CCCN2)cc([N+](=O)[O-])c1OC. The lowest BCUT2D eigenvalue weighted by Crippen LogP contribution is -2.30. The molecule has 0 radical (unpaired) electrons. The van der Waals surface area contributed by atoms with Crippen molar-refractivity contribution < 1.29 is 19.2 Å². The standard InChI is InChI=1S/C13H16N2O5/c1-19-11-7-8(12(16)9-4-3-5-14-9)6-10(15(17)18)13(11)20-2/h6-7,9,14H,3-5H2,1-2H3. The summed E-state index contributed by atoms with van der Waals surface area (Å²) in [5, 5.41) is 14.2. The van der Waals surface area contributed by atoms with E-state index in [1.807, 2.05) is 0 Å². The zero-order chi connectivity index (χ0) is 14.7. The first-order chi connectivity index (χ1) is 9.58. The molecule has 1 heterocycles. The highest BCUT2D eigenvalue weighted by Crippen LogP contribution is 2.38. The van der Waals surface area contributed by atoms with Crippen LogP contribution in [0, 0.1) is 10.1 Å². The van der Waals surface area contributed by atoms with Gasteiger partial charge in [0.1, 0.15) is 0 Å². The van der Waals surface area contributed by atoms with Crippen LogP contribution in [0.25, 0.3) is 0 Å². The second-order valence-electron chi connectivity index (χ2n) is 4.50. The van der Waals surface area contributed by atoms with Gasteiger partial charge in [0, 0.05) is 11.6 Å². The highest BCUT2D eigenvalue weighted by atomic mass is 16.6. The molecule has 7 heteroatoms. The first-order valence-corrected chi connectivity index (χ1v) is 6.26. The highest BCUT2D eigenvalue weighted by Gasteiger charge is 2.28. The number of carbonyl (C=O) groups is 1. The molecule has 1 aromatic rings. The maximum Gasteiger partial charge on any atom is 0.315 e. The smallest absolute Gasteiger partial charge is 0.315 e. The van der Waals surface area contributed by atoms with Crippen molar-refractivity contribution in [2.24, 2.45) is 0 Å². The Morgan fingerprint density at radius 1 is 1.40 bits per heavy atom. The average molecular weight is 280 g/mol. The number of hydrogen-bond acceptors (Lipinski definition) is 6. The second kappa shape index (κ2) is 5.87. The molecule has 0 amide bonds. The van der Waals surface area contributed by atoms with Crippen molar-refractivity contribution in [1.29, 1.82) is 0 Å². The Hall–Kier alpha value is -2.15. The van der Waals surface area contributed by atoms with Gasteiger partial charge in [-0.2, -0.15) is 0 Å². The molecular weight excluding hydrogens is 264 g/mol. The Bertz CT molecular complexity index is 538. The number of methoxy groups -OCH3 is 2. The van der Waals surface area contributed by atoms with Gasteiger partial charge in [0.2, 0.25) is 5.75 Å². The van der Waals surface area contributed by atoms with Gasteiger partial charge >= 0.3 is 5.69 Å². The predicted molar refractivity (Wildman–Crippen MR) is 71.6 cm³/mol. The maximum atomic E-state index is 12.3. The third-order valence-corrected chi connectivity index (χ3v) is 3.32. The van der Waals surface area contributed by atoms with E-state index in [2.05, 4.69) is 5.32 Å². The van der Waals surface area contributed by atoms with Crippen molar-refractivity contribution in [1.82, 2.24) is 5.32 Å². The summed E-state index contributed by atoms with van der Waals surface area (Å²) in [6.45, 7) is 0.784. The normalized spacial score (nSPS) is 17.8. The van der Waals surface area contributed by atoms with Crippen molar-refractivity contribution in [3.8, 4) is 11.5 Å². The van der Waals surface area contributed by atoms with Crippen LogP contribution in [0.15, 0.2) is 12.1 Å². The molecule has 0 saturated carbocycles. The number of carbonyl (C=O) groups excluding carboxylic acids is 1. The number of nitro benzene ring substituents is 1. The lowest BCUT2D eigenvalue weighted by Gasteiger charge is -2.12. The van der Waals surface area contributed by atoms with Crippen molar-refractivity contribution >= 4 is 11.5 Å². The topological polar surface area (TPSA) is 90.7 Å². The molecule has 2 rings (SSSR count). The lowest BCUT2D eigenvalue weighted by atomic mass is 10.0. The summed E-state index contributed by atoms with van der Waals surface area (Å²) >= 11 is 0. The van der Waals surface area contributed by atoms with Crippen LogP contribution in [0.4, 0.5) is 5.69 Å². The molecule has 108 valence electrons. The number of benzene rings is 1. The van der Waals surface area contributed by atoms with Gasteiger partial charge in [0.25, 0.3) is 0 Å². The number of nitrogens with zero attached hydrogens (tertiary/aromatic N) is 1. The molecule has 1 N–H and O–H groups in total. The second-order valence-corrected chi connectivity index (χ2v) is 4.50. The molecule has 1 aliphatic heterocycles. The van der Waals surface area contributed by atoms with Crippen molar-refractivity contribution in [2.45, 2.75) is 18.9 Å². The largest absolute Gasteiger partial charge is 0.493 e. The van der Waals surface area contributed by atoms with E-state index in [1.165, 1.54) is 26.4 Å². The molecule has 20 heavy (non-hydrogen) atoms. The van der Waals surface area contributed by atoms with Gasteiger partial charge < -0.3 is 14.8 Å². The molecule has 0 spiro atoms. The summed E-state index contributed by atoms with van der Waals surface area (Å²) in [4.78, 5) is 22.8. The first kappa shape index (κ1) is 14.3. The van der Waals surface area contributed by atoms with Crippen molar-refractivity contribution in [2.75, 3.05) is 20.8 Å². The van der Waals surface area contributed by atoms with E-state index in [-0.39, 0.29) is 34.6 Å². The Morgan fingerprint density at radius 3 is 2.65 bits per heavy atom. The Balaban J connectivity index is 2.45. The number of nitrogens with one attached hydrogen (secondary N) is 1. The van der Waals surface area contributed by atoms with Gasteiger partial charge in [-0.1, -0.05) is 0 Å². The molecule has 1 unspecified atom stereocenters. The minimum Gasteiger partial charge on any atom is -0.493 e. The van der Waals surface area contributed by atoms with Crippen LogP contribution in [0.1, 0.15) is 23.2 Å². The first-order valence-electron chi connectivity index (χ1n) is 6.26. The van der Waals surface area contributed by atoms with Crippen molar-refractivity contribution in [3.63, 3.8) is 0 Å². The molecule has 0 bridgehead atoms. The number of hydrogen-bond donors (Lipinski definition) is 1.